The van der Waals surface area contributed by atoms with Crippen LogP contribution in [-0.2, 0) is 25.8 Å². The van der Waals surface area contributed by atoms with Crippen LogP contribution in [0.25, 0.3) is 4.83 Å². The SMILES string of the molecule is CO/N=C(\C(=O)N[C@@H]1C(=O)N2C(C(=O)[O-])=C(C[n+]3cc4sc(C)c(C)n4c3)CS[C@H]12)c1nsc(N)n1. The monoisotopic (exact) mass is 548 g/mol. The van der Waals surface area contributed by atoms with Crippen molar-refractivity contribution < 1.29 is 28.9 Å². The summed E-state index contributed by atoms with van der Waals surface area (Å²) in [5.41, 5.74) is 6.84. The van der Waals surface area contributed by atoms with E-state index in [9.17, 15) is 19.5 Å². The number of oxime groups is 1. The van der Waals surface area contributed by atoms with Crippen molar-refractivity contribution in [3.05, 3.63) is 40.2 Å². The number of rotatable bonds is 7. The highest BCUT2D eigenvalue weighted by Crippen LogP contribution is 2.40. The average molecular weight is 549 g/mol. The number of thioether (sulfide) groups is 1. The number of nitrogens with one attached hydrogen (secondary N) is 1. The van der Waals surface area contributed by atoms with E-state index in [0.717, 1.165) is 22.1 Å². The molecule has 1 saturated heterocycles. The minimum absolute atomic E-state index is 0.0377. The van der Waals surface area contributed by atoms with Crippen molar-refractivity contribution >= 4 is 68.1 Å². The molecule has 2 atom stereocenters. The Morgan fingerprint density at radius 1 is 1.42 bits per heavy atom. The van der Waals surface area contributed by atoms with Crippen molar-refractivity contribution in [3.8, 4) is 0 Å². The van der Waals surface area contributed by atoms with Gasteiger partial charge in [0.1, 0.15) is 37.0 Å². The van der Waals surface area contributed by atoms with Gasteiger partial charge in [-0.05, 0) is 13.8 Å². The highest BCUT2D eigenvalue weighted by Gasteiger charge is 2.53. The number of fused-ring (bicyclic) bond motifs is 2. The van der Waals surface area contributed by atoms with Crippen molar-refractivity contribution in [2.75, 3.05) is 18.6 Å². The Balaban J connectivity index is 1.36. The number of carboxylic acids is 1. The van der Waals surface area contributed by atoms with Gasteiger partial charge in [0.05, 0.1) is 11.7 Å². The number of aromatic nitrogens is 4. The number of carbonyl (C=O) groups excluding carboxylic acids is 3. The average Bonchev–Trinajstić information content (AvgIpc) is 3.51. The summed E-state index contributed by atoms with van der Waals surface area (Å²) in [7, 11) is 1.25. The summed E-state index contributed by atoms with van der Waals surface area (Å²) in [6, 6.07) is -0.963. The fraction of sp³-hybridized carbons (Fsp3) is 0.350. The third-order valence-electron chi connectivity index (χ3n) is 5.86. The van der Waals surface area contributed by atoms with Crippen LogP contribution in [0.5, 0.6) is 0 Å². The standard InChI is InChI=1S/C20H20N8O5S3/c1-8-9(2)35-11-5-26(7-27(8)11)4-10-6-34-18-13(17(30)28(18)14(10)19(31)32)22-16(29)12(24-33-3)15-23-20(21)36-25-15/h5,7,13,18H,4,6H2,1-3H3,(H3-,21,22,23,25,29,31,32)/b24-12-/t13-,18-/m1/s1. The number of nitrogens with two attached hydrogens (primary N) is 1. The molecular weight excluding hydrogens is 528 g/mol. The summed E-state index contributed by atoms with van der Waals surface area (Å²) < 4.78 is 7.88. The molecule has 3 aromatic rings. The predicted octanol–water partition coefficient (Wildman–Crippen LogP) is -1.21. The molecule has 36 heavy (non-hydrogen) atoms. The highest BCUT2D eigenvalue weighted by molar-refractivity contribution is 8.00. The molecule has 2 amide bonds. The Morgan fingerprint density at radius 3 is 2.83 bits per heavy atom. The molecular formula is C20H20N8O5S3. The number of carboxylic acid groups (broad SMARTS) is 1. The zero-order valence-corrected chi connectivity index (χ0v) is 21.7. The van der Waals surface area contributed by atoms with Crippen LogP contribution in [0.3, 0.4) is 0 Å². The molecule has 3 N–H and O–H groups in total. The van der Waals surface area contributed by atoms with E-state index in [1.54, 1.807) is 11.3 Å². The molecule has 0 spiro atoms. The number of hydrogen-bond acceptors (Lipinski definition) is 12. The van der Waals surface area contributed by atoms with Crippen molar-refractivity contribution in [2.45, 2.75) is 31.8 Å². The van der Waals surface area contributed by atoms with E-state index in [1.165, 1.54) is 28.6 Å². The number of hydrogen-bond donors (Lipinski definition) is 2. The first-order valence-electron chi connectivity index (χ1n) is 10.6. The molecule has 0 aromatic carbocycles. The van der Waals surface area contributed by atoms with Crippen LogP contribution < -0.4 is 20.7 Å². The summed E-state index contributed by atoms with van der Waals surface area (Å²) >= 11 is 3.89. The maximum absolute atomic E-state index is 13.0. The molecule has 2 aliphatic heterocycles. The van der Waals surface area contributed by atoms with E-state index in [1.807, 2.05) is 35.3 Å². The molecule has 188 valence electrons. The van der Waals surface area contributed by atoms with Crippen LogP contribution in [0, 0.1) is 13.8 Å². The summed E-state index contributed by atoms with van der Waals surface area (Å²) in [4.78, 5) is 50.0. The van der Waals surface area contributed by atoms with Gasteiger partial charge in [-0.25, -0.2) is 4.57 Å². The summed E-state index contributed by atoms with van der Waals surface area (Å²) in [6.45, 7) is 4.35. The molecule has 2 aliphatic rings. The fourth-order valence-corrected chi connectivity index (χ4v) is 6.89. The van der Waals surface area contributed by atoms with E-state index in [2.05, 4.69) is 19.8 Å². The van der Waals surface area contributed by atoms with Gasteiger partial charge in [-0.2, -0.15) is 13.8 Å². The zero-order valence-electron chi connectivity index (χ0n) is 19.3. The van der Waals surface area contributed by atoms with Crippen LogP contribution in [-0.4, -0.2) is 66.4 Å². The number of carbonyl (C=O) groups is 3. The van der Waals surface area contributed by atoms with Crippen molar-refractivity contribution in [3.63, 3.8) is 0 Å². The Bertz CT molecular complexity index is 1470. The first kappa shape index (κ1) is 24.2. The third-order valence-corrected chi connectivity index (χ3v) is 8.85. The number of aryl methyl sites for hydroxylation is 2. The van der Waals surface area contributed by atoms with Crippen LogP contribution in [0.1, 0.15) is 16.4 Å². The number of β-lactam (4-membered cyclic amide) rings is 1. The van der Waals surface area contributed by atoms with E-state index >= 15 is 0 Å². The third kappa shape index (κ3) is 4.00. The molecule has 0 saturated carbocycles. The van der Waals surface area contributed by atoms with Gasteiger partial charge in [-0.1, -0.05) is 16.5 Å². The van der Waals surface area contributed by atoms with Crippen molar-refractivity contribution in [1.82, 2.24) is 24.0 Å². The largest absolute Gasteiger partial charge is 0.543 e. The summed E-state index contributed by atoms with van der Waals surface area (Å²) in [5.74, 6) is -2.43. The molecule has 1 fully saturated rings. The van der Waals surface area contributed by atoms with Crippen molar-refractivity contribution in [1.29, 1.82) is 0 Å². The van der Waals surface area contributed by atoms with Crippen molar-refractivity contribution in [2.24, 2.45) is 5.16 Å². The normalized spacial score (nSPS) is 19.9. The topological polar surface area (TPSA) is 171 Å². The minimum Gasteiger partial charge on any atom is -0.543 e. The molecule has 13 nitrogen and oxygen atoms in total. The summed E-state index contributed by atoms with van der Waals surface area (Å²) in [6.07, 6.45) is 3.85. The second-order valence-electron chi connectivity index (χ2n) is 8.05. The molecule has 5 rings (SSSR count). The molecule has 5 heterocycles. The van der Waals surface area contributed by atoms with E-state index < -0.39 is 29.2 Å². The van der Waals surface area contributed by atoms with Gasteiger partial charge in [0.25, 0.3) is 11.8 Å². The van der Waals surface area contributed by atoms with Gasteiger partial charge < -0.3 is 25.8 Å². The Labute approximate surface area is 216 Å². The van der Waals surface area contributed by atoms with Gasteiger partial charge in [0.15, 0.2) is 5.13 Å². The number of aliphatic carboxylic acids is 1. The highest BCUT2D eigenvalue weighted by atomic mass is 32.2. The molecule has 0 unspecified atom stereocenters. The molecule has 3 aromatic heterocycles. The van der Waals surface area contributed by atoms with Gasteiger partial charge in [-0.15, -0.1) is 11.8 Å². The number of anilines is 1. The summed E-state index contributed by atoms with van der Waals surface area (Å²) in [5, 5.41) is 17.9. The zero-order chi connectivity index (χ0) is 25.7. The number of nitrogen functional groups attached to an aromatic ring is 1. The molecule has 0 radical (unpaired) electrons. The van der Waals surface area contributed by atoms with Gasteiger partial charge in [0.2, 0.25) is 22.7 Å². The number of nitrogens with zero attached hydrogens (tertiary/aromatic N) is 6. The lowest BCUT2D eigenvalue weighted by atomic mass is 10.0. The first-order chi connectivity index (χ1) is 17.2. The minimum atomic E-state index is -1.44. The molecule has 16 heteroatoms. The molecule has 0 bridgehead atoms. The quantitative estimate of drug-likeness (QED) is 0.159. The maximum atomic E-state index is 13.0. The fourth-order valence-electron chi connectivity index (χ4n) is 4.09. The van der Waals surface area contributed by atoms with Gasteiger partial charge in [-0.3, -0.25) is 14.5 Å². The maximum Gasteiger partial charge on any atom is 0.278 e. The molecule has 0 aliphatic carbocycles. The van der Waals surface area contributed by atoms with Gasteiger partial charge in [0, 0.05) is 27.7 Å². The van der Waals surface area contributed by atoms with E-state index in [4.69, 9.17) is 10.6 Å². The lowest BCUT2D eigenvalue weighted by molar-refractivity contribution is -0.687. The number of amides is 2. The van der Waals surface area contributed by atoms with Crippen LogP contribution >= 0.6 is 34.6 Å². The van der Waals surface area contributed by atoms with Gasteiger partial charge >= 0.3 is 0 Å². The van der Waals surface area contributed by atoms with E-state index in [0.29, 0.717) is 11.3 Å². The number of imidazole rings is 1. The van der Waals surface area contributed by atoms with E-state index in [-0.39, 0.29) is 28.9 Å². The Kier molecular flexibility index (Phi) is 6.17. The lowest BCUT2D eigenvalue weighted by Gasteiger charge is -2.50. The lowest BCUT2D eigenvalue weighted by Crippen LogP contribution is -2.71. The second-order valence-corrected chi connectivity index (χ2v) is 11.2. The predicted molar refractivity (Wildman–Crippen MR) is 130 cm³/mol. The first-order valence-corrected chi connectivity index (χ1v) is 13.2. The Hall–Kier alpha value is -3.50. The van der Waals surface area contributed by atoms with Crippen LogP contribution in [0.4, 0.5) is 5.13 Å². The smallest absolute Gasteiger partial charge is 0.278 e. The number of thiazole rings is 1. The second kappa shape index (κ2) is 9.18. The van der Waals surface area contributed by atoms with Crippen LogP contribution in [0.15, 0.2) is 29.0 Å². The Morgan fingerprint density at radius 2 is 2.19 bits per heavy atom. The van der Waals surface area contributed by atoms with Crippen LogP contribution in [0.2, 0.25) is 0 Å².